The zero-order valence-corrected chi connectivity index (χ0v) is 15.5. The Morgan fingerprint density at radius 2 is 2.08 bits per heavy atom. The SMILES string of the molecule is CNC(C(=O)NCC1(Sc2ccccc2)CC1)c1cnn(C)c1.Cl. The van der Waals surface area contributed by atoms with E-state index in [-0.39, 0.29) is 29.1 Å². The number of benzene rings is 1. The maximum Gasteiger partial charge on any atom is 0.241 e. The summed E-state index contributed by atoms with van der Waals surface area (Å²) in [6, 6.07) is 10.0. The highest BCUT2D eigenvalue weighted by Crippen LogP contribution is 2.51. The van der Waals surface area contributed by atoms with Crippen LogP contribution < -0.4 is 10.6 Å². The summed E-state index contributed by atoms with van der Waals surface area (Å²) in [6.45, 7) is 0.698. The molecule has 1 saturated carbocycles. The number of nitrogens with one attached hydrogen (secondary N) is 2. The topological polar surface area (TPSA) is 59.0 Å². The lowest BCUT2D eigenvalue weighted by Crippen LogP contribution is -2.39. The van der Waals surface area contributed by atoms with Crippen LogP contribution in [0.15, 0.2) is 47.6 Å². The van der Waals surface area contributed by atoms with Gasteiger partial charge >= 0.3 is 0 Å². The fraction of sp³-hybridized carbons (Fsp3) is 0.412. The number of nitrogens with zero attached hydrogens (tertiary/aromatic N) is 2. The summed E-state index contributed by atoms with van der Waals surface area (Å²) < 4.78 is 1.87. The van der Waals surface area contributed by atoms with Crippen LogP contribution in [0.3, 0.4) is 0 Å². The molecular formula is C17H23ClN4OS. The highest BCUT2D eigenvalue weighted by atomic mass is 35.5. The smallest absolute Gasteiger partial charge is 0.241 e. The number of halogens is 1. The van der Waals surface area contributed by atoms with Crippen LogP contribution in [0.4, 0.5) is 0 Å². The Morgan fingerprint density at radius 1 is 1.38 bits per heavy atom. The average Bonchev–Trinajstić information content (AvgIpc) is 3.19. The Balaban J connectivity index is 0.00000208. The van der Waals surface area contributed by atoms with Crippen molar-refractivity contribution in [2.24, 2.45) is 7.05 Å². The number of likely N-dealkylation sites (N-methyl/N-ethyl adjacent to an activating group) is 1. The second kappa shape index (κ2) is 8.05. The minimum atomic E-state index is -0.360. The number of hydrogen-bond donors (Lipinski definition) is 2. The van der Waals surface area contributed by atoms with E-state index in [2.05, 4.69) is 40.0 Å². The second-order valence-corrected chi connectivity index (χ2v) is 7.53. The number of carbonyl (C=O) groups excluding carboxylic acids is 1. The molecule has 1 aromatic carbocycles. The number of rotatable bonds is 7. The Hall–Kier alpha value is -1.50. The van der Waals surface area contributed by atoms with Crippen molar-refractivity contribution in [3.63, 3.8) is 0 Å². The molecule has 1 unspecified atom stereocenters. The van der Waals surface area contributed by atoms with Crippen molar-refractivity contribution in [2.75, 3.05) is 13.6 Å². The zero-order chi connectivity index (χ0) is 16.3. The number of thioether (sulfide) groups is 1. The van der Waals surface area contributed by atoms with Crippen LogP contribution in [-0.4, -0.2) is 34.0 Å². The van der Waals surface area contributed by atoms with Crippen LogP contribution in [0.5, 0.6) is 0 Å². The van der Waals surface area contributed by atoms with Crippen LogP contribution >= 0.6 is 24.2 Å². The van der Waals surface area contributed by atoms with Crippen LogP contribution in [-0.2, 0) is 11.8 Å². The van der Waals surface area contributed by atoms with Gasteiger partial charge in [0.05, 0.1) is 6.20 Å². The third kappa shape index (κ3) is 4.53. The van der Waals surface area contributed by atoms with E-state index in [1.165, 1.54) is 4.90 Å². The van der Waals surface area contributed by atoms with Crippen molar-refractivity contribution in [3.05, 3.63) is 48.3 Å². The summed E-state index contributed by atoms with van der Waals surface area (Å²) >= 11 is 1.87. The van der Waals surface area contributed by atoms with Crippen molar-refractivity contribution in [2.45, 2.75) is 28.5 Å². The van der Waals surface area contributed by atoms with E-state index >= 15 is 0 Å². The van der Waals surface area contributed by atoms with Crippen LogP contribution in [0.2, 0.25) is 0 Å². The molecule has 0 radical (unpaired) electrons. The fourth-order valence-electron chi connectivity index (χ4n) is 2.58. The minimum Gasteiger partial charge on any atom is -0.353 e. The van der Waals surface area contributed by atoms with Gasteiger partial charge in [-0.1, -0.05) is 18.2 Å². The van der Waals surface area contributed by atoms with E-state index in [1.807, 2.05) is 31.1 Å². The lowest BCUT2D eigenvalue weighted by molar-refractivity contribution is -0.123. The van der Waals surface area contributed by atoms with E-state index in [1.54, 1.807) is 17.9 Å². The summed E-state index contributed by atoms with van der Waals surface area (Å²) in [5.41, 5.74) is 0.882. The number of hydrogen-bond acceptors (Lipinski definition) is 4. The van der Waals surface area contributed by atoms with Gasteiger partial charge in [0.1, 0.15) is 6.04 Å². The maximum atomic E-state index is 12.5. The fourth-order valence-corrected chi connectivity index (χ4v) is 3.83. The predicted octanol–water partition coefficient (Wildman–Crippen LogP) is 2.54. The molecule has 130 valence electrons. The first-order chi connectivity index (χ1) is 11.1. The van der Waals surface area contributed by atoms with Crippen molar-refractivity contribution < 1.29 is 4.79 Å². The molecule has 2 N–H and O–H groups in total. The zero-order valence-electron chi connectivity index (χ0n) is 13.9. The van der Waals surface area contributed by atoms with Gasteiger partial charge in [0, 0.05) is 35.0 Å². The number of aromatic nitrogens is 2. The Kier molecular flexibility index (Phi) is 6.32. The third-order valence-corrected chi connectivity index (χ3v) is 5.57. The van der Waals surface area contributed by atoms with Crippen LogP contribution in [0.25, 0.3) is 0 Å². The molecule has 1 atom stereocenters. The predicted molar refractivity (Wildman–Crippen MR) is 99.5 cm³/mol. The van der Waals surface area contributed by atoms with Crippen molar-refractivity contribution >= 4 is 30.1 Å². The second-order valence-electron chi connectivity index (χ2n) is 5.98. The monoisotopic (exact) mass is 366 g/mol. The van der Waals surface area contributed by atoms with E-state index in [0.717, 1.165) is 18.4 Å². The van der Waals surface area contributed by atoms with Crippen LogP contribution in [0, 0.1) is 0 Å². The van der Waals surface area contributed by atoms with Gasteiger partial charge in [-0.2, -0.15) is 5.10 Å². The van der Waals surface area contributed by atoms with Crippen molar-refractivity contribution in [3.8, 4) is 0 Å². The lowest BCUT2D eigenvalue weighted by Gasteiger charge is -2.19. The van der Waals surface area contributed by atoms with E-state index < -0.39 is 0 Å². The summed E-state index contributed by atoms with van der Waals surface area (Å²) in [6.07, 6.45) is 5.88. The van der Waals surface area contributed by atoms with Gasteiger partial charge in [0.2, 0.25) is 5.91 Å². The molecule has 24 heavy (non-hydrogen) atoms. The Morgan fingerprint density at radius 3 is 2.62 bits per heavy atom. The molecule has 0 saturated heterocycles. The highest BCUT2D eigenvalue weighted by Gasteiger charge is 2.44. The van der Waals surface area contributed by atoms with Gasteiger partial charge in [-0.05, 0) is 32.0 Å². The summed E-state index contributed by atoms with van der Waals surface area (Å²) in [7, 11) is 3.65. The molecule has 1 aliphatic carbocycles. The molecular weight excluding hydrogens is 344 g/mol. The molecule has 1 fully saturated rings. The summed E-state index contributed by atoms with van der Waals surface area (Å²) in [4.78, 5) is 13.8. The molecule has 2 aromatic rings. The van der Waals surface area contributed by atoms with Crippen molar-refractivity contribution in [1.82, 2.24) is 20.4 Å². The maximum absolute atomic E-state index is 12.5. The standard InChI is InChI=1S/C17H22N4OS.ClH/c1-18-15(13-10-20-21(2)11-13)16(22)19-12-17(8-9-17)23-14-6-4-3-5-7-14;/h3-7,10-11,15,18H,8-9,12H2,1-2H3,(H,19,22);1H. The first kappa shape index (κ1) is 18.8. The molecule has 0 spiro atoms. The Bertz CT molecular complexity index is 672. The van der Waals surface area contributed by atoms with Crippen LogP contribution in [0.1, 0.15) is 24.4 Å². The third-order valence-electron chi connectivity index (χ3n) is 4.08. The molecule has 1 aliphatic rings. The number of carbonyl (C=O) groups is 1. The van der Waals surface area contributed by atoms with Gasteiger partial charge in [0.25, 0.3) is 0 Å². The molecule has 0 aliphatic heterocycles. The highest BCUT2D eigenvalue weighted by molar-refractivity contribution is 8.01. The largest absolute Gasteiger partial charge is 0.353 e. The van der Waals surface area contributed by atoms with E-state index in [4.69, 9.17) is 0 Å². The molecule has 3 rings (SSSR count). The molecule has 5 nitrogen and oxygen atoms in total. The summed E-state index contributed by atoms with van der Waals surface area (Å²) in [5, 5.41) is 10.3. The first-order valence-corrected chi connectivity index (χ1v) is 8.61. The molecule has 7 heteroatoms. The summed E-state index contributed by atoms with van der Waals surface area (Å²) in [5.74, 6) is 0.000404. The Labute approximate surface area is 153 Å². The average molecular weight is 367 g/mol. The van der Waals surface area contributed by atoms with E-state index in [9.17, 15) is 4.79 Å². The normalized spacial score (nSPS) is 16.1. The first-order valence-electron chi connectivity index (χ1n) is 7.79. The quantitative estimate of drug-likeness (QED) is 0.790. The molecule has 1 amide bonds. The van der Waals surface area contributed by atoms with Gasteiger partial charge in [0.15, 0.2) is 0 Å². The minimum absolute atomic E-state index is 0. The van der Waals surface area contributed by atoms with E-state index in [0.29, 0.717) is 6.54 Å². The lowest BCUT2D eigenvalue weighted by atomic mass is 10.1. The molecule has 0 bridgehead atoms. The number of aryl methyl sites for hydroxylation is 1. The van der Waals surface area contributed by atoms with Gasteiger partial charge < -0.3 is 10.6 Å². The van der Waals surface area contributed by atoms with Gasteiger partial charge in [-0.3, -0.25) is 9.48 Å². The molecule has 1 aromatic heterocycles. The van der Waals surface area contributed by atoms with Crippen molar-refractivity contribution in [1.29, 1.82) is 0 Å². The van der Waals surface area contributed by atoms with Gasteiger partial charge in [-0.25, -0.2) is 0 Å². The van der Waals surface area contributed by atoms with Gasteiger partial charge in [-0.15, -0.1) is 24.2 Å². The number of amides is 1. The molecule has 1 heterocycles.